The number of nitrogens with one attached hydrogen (secondary N) is 3. The number of para-hydroxylation sites is 2. The minimum absolute atomic E-state index is 0.173. The molecule has 2 aromatic heterocycles. The number of aromatic amines is 1. The number of nitrogens with zero attached hydrogens (tertiary/aromatic N) is 2. The van der Waals surface area contributed by atoms with Crippen LogP contribution in [0.4, 0.5) is 11.4 Å². The van der Waals surface area contributed by atoms with Crippen LogP contribution in [0.25, 0.3) is 23.1 Å². The van der Waals surface area contributed by atoms with Crippen LogP contribution >= 0.6 is 0 Å². The molecule has 0 aliphatic rings. The summed E-state index contributed by atoms with van der Waals surface area (Å²) in [5.74, 6) is 0.569. The molecule has 0 unspecified atom stereocenters. The zero-order chi connectivity index (χ0) is 24.7. The fraction of sp³-hybridized carbons (Fsp3) is 0.0690. The number of hydrogen-bond acceptors (Lipinski definition) is 5. The van der Waals surface area contributed by atoms with Crippen LogP contribution in [0.2, 0.25) is 0 Å². The van der Waals surface area contributed by atoms with Crippen molar-refractivity contribution in [3.63, 3.8) is 0 Å². The summed E-state index contributed by atoms with van der Waals surface area (Å²) < 4.78 is 5.38. The topological polar surface area (TPSA) is 91.9 Å². The van der Waals surface area contributed by atoms with Gasteiger partial charge in [0.15, 0.2) is 0 Å². The van der Waals surface area contributed by atoms with E-state index in [4.69, 9.17) is 4.74 Å². The Morgan fingerprint density at radius 3 is 2.67 bits per heavy atom. The molecule has 5 rings (SSSR count). The van der Waals surface area contributed by atoms with Gasteiger partial charge in [-0.15, -0.1) is 0 Å². The summed E-state index contributed by atoms with van der Waals surface area (Å²) in [5.41, 5.74) is 5.61. The zero-order valence-electron chi connectivity index (χ0n) is 19.7. The third-order valence-electron chi connectivity index (χ3n) is 5.77. The molecule has 0 saturated carbocycles. The van der Waals surface area contributed by atoms with Crippen LogP contribution in [-0.4, -0.2) is 28.2 Å². The SMILES string of the molecule is COc1ccccc1CNC(=O)c1ccccc1Nc1ccc2c(C=Cc3ccccn3)n[nH]c2c1. The first-order chi connectivity index (χ1) is 17.7. The summed E-state index contributed by atoms with van der Waals surface area (Å²) in [4.78, 5) is 17.3. The molecule has 36 heavy (non-hydrogen) atoms. The fourth-order valence-electron chi connectivity index (χ4n) is 3.95. The molecule has 7 nitrogen and oxygen atoms in total. The van der Waals surface area contributed by atoms with Crippen LogP contribution in [0, 0.1) is 0 Å². The Kier molecular flexibility index (Phi) is 6.71. The minimum Gasteiger partial charge on any atom is -0.496 e. The maximum absolute atomic E-state index is 13.0. The summed E-state index contributed by atoms with van der Waals surface area (Å²) in [6.45, 7) is 0.367. The minimum atomic E-state index is -0.173. The standard InChI is InChI=1S/C29H25N5O2/c1-36-28-12-5-2-8-20(28)19-31-29(35)24-10-3-4-11-25(24)32-22-13-15-23-26(33-34-27(23)18-22)16-14-21-9-6-7-17-30-21/h2-18,32H,19H2,1H3,(H,31,35)(H,33,34). The Labute approximate surface area is 208 Å². The normalized spacial score (nSPS) is 11.0. The quantitative estimate of drug-likeness (QED) is 0.263. The van der Waals surface area contributed by atoms with E-state index < -0.39 is 0 Å². The van der Waals surface area contributed by atoms with Gasteiger partial charge in [-0.25, -0.2) is 0 Å². The van der Waals surface area contributed by atoms with Crippen molar-refractivity contribution in [2.45, 2.75) is 6.54 Å². The van der Waals surface area contributed by atoms with Crippen molar-refractivity contribution >= 4 is 40.3 Å². The van der Waals surface area contributed by atoms with Crippen molar-refractivity contribution in [1.82, 2.24) is 20.5 Å². The molecule has 1 amide bonds. The largest absolute Gasteiger partial charge is 0.496 e. The number of ether oxygens (including phenoxy) is 1. The van der Waals surface area contributed by atoms with Gasteiger partial charge >= 0.3 is 0 Å². The number of H-pyrrole nitrogens is 1. The van der Waals surface area contributed by atoms with Gasteiger partial charge in [0.05, 0.1) is 35.3 Å². The summed E-state index contributed by atoms with van der Waals surface area (Å²) >= 11 is 0. The number of benzene rings is 3. The number of carbonyl (C=O) groups excluding carboxylic acids is 1. The lowest BCUT2D eigenvalue weighted by Crippen LogP contribution is -2.23. The van der Waals surface area contributed by atoms with Gasteiger partial charge < -0.3 is 15.4 Å². The van der Waals surface area contributed by atoms with Gasteiger partial charge in [0, 0.05) is 29.4 Å². The highest BCUT2D eigenvalue weighted by Crippen LogP contribution is 2.26. The number of aromatic nitrogens is 3. The maximum atomic E-state index is 13.0. The molecule has 5 aromatic rings. The van der Waals surface area contributed by atoms with Gasteiger partial charge in [0.1, 0.15) is 5.75 Å². The van der Waals surface area contributed by atoms with Crippen LogP contribution in [-0.2, 0) is 6.54 Å². The lowest BCUT2D eigenvalue weighted by Gasteiger charge is -2.13. The van der Waals surface area contributed by atoms with Crippen molar-refractivity contribution in [2.24, 2.45) is 0 Å². The van der Waals surface area contributed by atoms with Gasteiger partial charge in [0.25, 0.3) is 5.91 Å². The highest BCUT2D eigenvalue weighted by molar-refractivity contribution is 6.00. The second-order valence-corrected chi connectivity index (χ2v) is 8.12. The van der Waals surface area contributed by atoms with Crippen LogP contribution in [0.5, 0.6) is 5.75 Å². The maximum Gasteiger partial charge on any atom is 0.253 e. The molecule has 3 aromatic carbocycles. The number of anilines is 2. The Morgan fingerprint density at radius 1 is 0.972 bits per heavy atom. The number of methoxy groups -OCH3 is 1. The highest BCUT2D eigenvalue weighted by atomic mass is 16.5. The molecule has 0 spiro atoms. The molecule has 0 atom stereocenters. The molecular formula is C29H25N5O2. The molecular weight excluding hydrogens is 450 g/mol. The predicted octanol–water partition coefficient (Wildman–Crippen LogP) is 5.81. The van der Waals surface area contributed by atoms with Crippen molar-refractivity contribution < 1.29 is 9.53 Å². The van der Waals surface area contributed by atoms with E-state index in [0.717, 1.165) is 39.3 Å². The summed E-state index contributed by atoms with van der Waals surface area (Å²) in [5, 5.41) is 14.9. The van der Waals surface area contributed by atoms with Gasteiger partial charge in [0.2, 0.25) is 0 Å². The summed E-state index contributed by atoms with van der Waals surface area (Å²) in [6, 6.07) is 26.8. The molecule has 178 valence electrons. The zero-order valence-corrected chi connectivity index (χ0v) is 19.7. The van der Waals surface area contributed by atoms with Gasteiger partial charge in [-0.2, -0.15) is 5.10 Å². The molecule has 0 saturated heterocycles. The third kappa shape index (κ3) is 5.10. The highest BCUT2D eigenvalue weighted by Gasteiger charge is 2.13. The fourth-order valence-corrected chi connectivity index (χ4v) is 3.95. The molecule has 0 radical (unpaired) electrons. The first kappa shape index (κ1) is 22.9. The van der Waals surface area contributed by atoms with Crippen molar-refractivity contribution in [3.8, 4) is 5.75 Å². The van der Waals surface area contributed by atoms with E-state index in [-0.39, 0.29) is 5.91 Å². The number of fused-ring (bicyclic) bond motifs is 1. The van der Waals surface area contributed by atoms with E-state index in [0.29, 0.717) is 17.8 Å². The van der Waals surface area contributed by atoms with E-state index in [1.54, 1.807) is 19.4 Å². The molecule has 3 N–H and O–H groups in total. The lowest BCUT2D eigenvalue weighted by molar-refractivity contribution is 0.0951. The average molecular weight is 476 g/mol. The first-order valence-corrected chi connectivity index (χ1v) is 11.5. The number of hydrogen-bond donors (Lipinski definition) is 3. The van der Waals surface area contributed by atoms with E-state index in [1.165, 1.54) is 0 Å². The second-order valence-electron chi connectivity index (χ2n) is 8.12. The number of rotatable bonds is 8. The lowest BCUT2D eigenvalue weighted by atomic mass is 10.1. The van der Waals surface area contributed by atoms with Crippen LogP contribution in [0.15, 0.2) is 91.1 Å². The van der Waals surface area contributed by atoms with Crippen LogP contribution in [0.3, 0.4) is 0 Å². The van der Waals surface area contributed by atoms with E-state index in [1.807, 2.05) is 91.0 Å². The van der Waals surface area contributed by atoms with Crippen molar-refractivity contribution in [1.29, 1.82) is 0 Å². The number of carbonyl (C=O) groups is 1. The molecule has 0 fully saturated rings. The van der Waals surface area contributed by atoms with Crippen LogP contribution in [0.1, 0.15) is 27.3 Å². The van der Waals surface area contributed by atoms with E-state index >= 15 is 0 Å². The summed E-state index contributed by atoms with van der Waals surface area (Å²) in [7, 11) is 1.62. The molecule has 0 bridgehead atoms. The van der Waals surface area contributed by atoms with Crippen molar-refractivity contribution in [3.05, 3.63) is 114 Å². The Morgan fingerprint density at radius 2 is 1.81 bits per heavy atom. The molecule has 0 aliphatic heterocycles. The predicted molar refractivity (Wildman–Crippen MR) is 143 cm³/mol. The number of amides is 1. The summed E-state index contributed by atoms with van der Waals surface area (Å²) in [6.07, 6.45) is 5.63. The Bertz CT molecular complexity index is 1530. The molecule has 0 aliphatic carbocycles. The van der Waals surface area contributed by atoms with Gasteiger partial charge in [-0.3, -0.25) is 14.9 Å². The smallest absolute Gasteiger partial charge is 0.253 e. The third-order valence-corrected chi connectivity index (χ3v) is 5.77. The van der Waals surface area contributed by atoms with E-state index in [9.17, 15) is 4.79 Å². The van der Waals surface area contributed by atoms with E-state index in [2.05, 4.69) is 25.8 Å². The monoisotopic (exact) mass is 475 g/mol. The number of pyridine rings is 1. The first-order valence-electron chi connectivity index (χ1n) is 11.5. The van der Waals surface area contributed by atoms with Crippen molar-refractivity contribution in [2.75, 3.05) is 12.4 Å². The molecule has 2 heterocycles. The molecule has 7 heteroatoms. The second kappa shape index (κ2) is 10.6. The van der Waals surface area contributed by atoms with Gasteiger partial charge in [-0.05, 0) is 60.7 Å². The average Bonchev–Trinajstić information content (AvgIpc) is 3.33. The van der Waals surface area contributed by atoms with Gasteiger partial charge in [-0.1, -0.05) is 36.4 Å². The Hall–Kier alpha value is -4.91. The Balaban J connectivity index is 1.32. The van der Waals surface area contributed by atoms with Crippen LogP contribution < -0.4 is 15.4 Å².